The van der Waals surface area contributed by atoms with Gasteiger partial charge in [-0.3, -0.25) is 14.9 Å². The Labute approximate surface area is 124 Å². The number of hydrogen-bond acceptors (Lipinski definition) is 4. The molecule has 22 heavy (non-hydrogen) atoms. The molecule has 0 fully saturated rings. The fourth-order valence-electron chi connectivity index (χ4n) is 2.16. The summed E-state index contributed by atoms with van der Waals surface area (Å²) in [5.41, 5.74) is 1.57. The standard InChI is InChI=1S/C14H14F3N3O2/c1-8-12(9(2)20-19-8)4-13(22-7-21)10-3-11(6-18-5-10)14(15,16)17/h3,5-7,13H,4H2,1-2H3,(H,19,20). The minimum absolute atomic E-state index is 0.182. The average molecular weight is 313 g/mol. The molecule has 1 unspecified atom stereocenters. The second-order valence-electron chi connectivity index (χ2n) is 4.84. The molecule has 2 heterocycles. The van der Waals surface area contributed by atoms with E-state index in [1.54, 1.807) is 13.8 Å². The van der Waals surface area contributed by atoms with Gasteiger partial charge in [0.25, 0.3) is 6.47 Å². The number of nitrogens with zero attached hydrogens (tertiary/aromatic N) is 2. The summed E-state index contributed by atoms with van der Waals surface area (Å²) in [6.07, 6.45) is -3.15. The first-order valence-corrected chi connectivity index (χ1v) is 6.44. The van der Waals surface area contributed by atoms with E-state index in [1.807, 2.05) is 0 Å². The Hall–Kier alpha value is -2.38. The van der Waals surface area contributed by atoms with Crippen molar-refractivity contribution in [1.82, 2.24) is 15.2 Å². The molecule has 0 amide bonds. The number of carbonyl (C=O) groups is 1. The molecule has 0 saturated heterocycles. The number of halogens is 3. The van der Waals surface area contributed by atoms with Gasteiger partial charge < -0.3 is 4.74 Å². The predicted octanol–water partition coefficient (Wildman–Crippen LogP) is 2.90. The molecule has 2 rings (SSSR count). The number of hydrogen-bond donors (Lipinski definition) is 1. The number of alkyl halides is 3. The first-order chi connectivity index (χ1) is 10.3. The van der Waals surface area contributed by atoms with E-state index in [-0.39, 0.29) is 18.5 Å². The number of H-pyrrole nitrogens is 1. The van der Waals surface area contributed by atoms with Crippen LogP contribution in [0.5, 0.6) is 0 Å². The molecule has 1 atom stereocenters. The second kappa shape index (κ2) is 6.17. The third kappa shape index (κ3) is 3.44. The minimum Gasteiger partial charge on any atom is -0.459 e. The van der Waals surface area contributed by atoms with Crippen molar-refractivity contribution in [1.29, 1.82) is 0 Å². The second-order valence-corrected chi connectivity index (χ2v) is 4.84. The summed E-state index contributed by atoms with van der Waals surface area (Å²) in [7, 11) is 0. The topological polar surface area (TPSA) is 67.9 Å². The van der Waals surface area contributed by atoms with Crippen LogP contribution in [0.2, 0.25) is 0 Å². The molecule has 0 saturated carbocycles. The quantitative estimate of drug-likeness (QED) is 0.862. The van der Waals surface area contributed by atoms with E-state index in [4.69, 9.17) is 4.74 Å². The van der Waals surface area contributed by atoms with Crippen LogP contribution in [-0.4, -0.2) is 21.7 Å². The van der Waals surface area contributed by atoms with Crippen molar-refractivity contribution >= 4 is 6.47 Å². The zero-order chi connectivity index (χ0) is 16.3. The maximum Gasteiger partial charge on any atom is 0.417 e. The lowest BCUT2D eigenvalue weighted by atomic mass is 10.00. The molecular weight excluding hydrogens is 299 g/mol. The van der Waals surface area contributed by atoms with E-state index < -0.39 is 17.8 Å². The van der Waals surface area contributed by atoms with Gasteiger partial charge in [-0.2, -0.15) is 18.3 Å². The Morgan fingerprint density at radius 1 is 1.36 bits per heavy atom. The summed E-state index contributed by atoms with van der Waals surface area (Å²) in [6, 6.07) is 0.936. The number of rotatable bonds is 5. The van der Waals surface area contributed by atoms with Crippen LogP contribution in [-0.2, 0) is 22.1 Å². The number of nitrogens with one attached hydrogen (secondary N) is 1. The lowest BCUT2D eigenvalue weighted by Gasteiger charge is -2.17. The van der Waals surface area contributed by atoms with E-state index in [0.717, 1.165) is 23.5 Å². The molecule has 5 nitrogen and oxygen atoms in total. The Morgan fingerprint density at radius 3 is 2.64 bits per heavy atom. The number of pyridine rings is 1. The largest absolute Gasteiger partial charge is 0.459 e. The molecule has 2 aromatic heterocycles. The first-order valence-electron chi connectivity index (χ1n) is 6.44. The van der Waals surface area contributed by atoms with E-state index >= 15 is 0 Å². The number of aromatic amines is 1. The third-order valence-electron chi connectivity index (χ3n) is 3.35. The summed E-state index contributed by atoms with van der Waals surface area (Å²) < 4.78 is 43.2. The Balaban J connectivity index is 2.34. The highest BCUT2D eigenvalue weighted by Crippen LogP contribution is 2.31. The van der Waals surface area contributed by atoms with Crippen LogP contribution in [0.25, 0.3) is 0 Å². The number of ether oxygens (including phenoxy) is 1. The number of aromatic nitrogens is 3. The highest BCUT2D eigenvalue weighted by atomic mass is 19.4. The molecular formula is C14H14F3N3O2. The van der Waals surface area contributed by atoms with Crippen molar-refractivity contribution in [2.24, 2.45) is 0 Å². The Bertz CT molecular complexity index is 648. The van der Waals surface area contributed by atoms with Gasteiger partial charge in [0.05, 0.1) is 11.3 Å². The molecule has 0 aliphatic rings. The summed E-state index contributed by atoms with van der Waals surface area (Å²) in [6.45, 7) is 3.77. The highest BCUT2D eigenvalue weighted by molar-refractivity contribution is 5.39. The Kier molecular flexibility index (Phi) is 4.48. The van der Waals surface area contributed by atoms with Crippen LogP contribution in [0, 0.1) is 13.8 Å². The van der Waals surface area contributed by atoms with E-state index in [1.165, 1.54) is 6.20 Å². The molecule has 1 N–H and O–H groups in total. The van der Waals surface area contributed by atoms with Crippen molar-refractivity contribution < 1.29 is 22.7 Å². The van der Waals surface area contributed by atoms with E-state index in [9.17, 15) is 18.0 Å². The highest BCUT2D eigenvalue weighted by Gasteiger charge is 2.32. The summed E-state index contributed by atoms with van der Waals surface area (Å²) in [4.78, 5) is 14.3. The van der Waals surface area contributed by atoms with Gasteiger partial charge in [0.15, 0.2) is 0 Å². The van der Waals surface area contributed by atoms with Crippen LogP contribution >= 0.6 is 0 Å². The van der Waals surface area contributed by atoms with Crippen molar-refractivity contribution in [2.75, 3.05) is 0 Å². The third-order valence-corrected chi connectivity index (χ3v) is 3.35. The molecule has 0 radical (unpaired) electrons. The number of carbonyl (C=O) groups excluding carboxylic acids is 1. The Morgan fingerprint density at radius 2 is 2.09 bits per heavy atom. The zero-order valence-corrected chi connectivity index (χ0v) is 11.9. The minimum atomic E-state index is -4.50. The van der Waals surface area contributed by atoms with Gasteiger partial charge in [-0.15, -0.1) is 0 Å². The van der Waals surface area contributed by atoms with Crippen LogP contribution in [0.15, 0.2) is 18.5 Å². The molecule has 118 valence electrons. The van der Waals surface area contributed by atoms with Crippen molar-refractivity contribution in [2.45, 2.75) is 32.5 Å². The van der Waals surface area contributed by atoms with E-state index in [0.29, 0.717) is 5.69 Å². The van der Waals surface area contributed by atoms with Crippen LogP contribution in [0.3, 0.4) is 0 Å². The molecule has 2 aromatic rings. The monoisotopic (exact) mass is 313 g/mol. The fraction of sp³-hybridized carbons (Fsp3) is 0.357. The van der Waals surface area contributed by atoms with Crippen molar-refractivity contribution in [3.05, 3.63) is 46.5 Å². The molecule has 0 spiro atoms. The fourth-order valence-corrected chi connectivity index (χ4v) is 2.16. The van der Waals surface area contributed by atoms with Crippen LogP contribution < -0.4 is 0 Å². The van der Waals surface area contributed by atoms with Gasteiger partial charge in [0.2, 0.25) is 0 Å². The molecule has 0 aliphatic heterocycles. The van der Waals surface area contributed by atoms with E-state index in [2.05, 4.69) is 15.2 Å². The van der Waals surface area contributed by atoms with Crippen LogP contribution in [0.4, 0.5) is 13.2 Å². The lowest BCUT2D eigenvalue weighted by molar-refractivity contribution is -0.138. The predicted molar refractivity (Wildman–Crippen MR) is 70.9 cm³/mol. The molecule has 0 aliphatic carbocycles. The summed E-state index contributed by atoms with van der Waals surface area (Å²) >= 11 is 0. The summed E-state index contributed by atoms with van der Waals surface area (Å²) in [5.74, 6) is 0. The molecule has 0 bridgehead atoms. The van der Waals surface area contributed by atoms with Gasteiger partial charge in [0.1, 0.15) is 6.10 Å². The van der Waals surface area contributed by atoms with Gasteiger partial charge in [-0.05, 0) is 25.5 Å². The van der Waals surface area contributed by atoms with Crippen molar-refractivity contribution in [3.8, 4) is 0 Å². The van der Waals surface area contributed by atoms with Gasteiger partial charge >= 0.3 is 6.18 Å². The molecule has 8 heteroatoms. The van der Waals surface area contributed by atoms with Crippen molar-refractivity contribution in [3.63, 3.8) is 0 Å². The smallest absolute Gasteiger partial charge is 0.417 e. The normalized spacial score (nSPS) is 13.0. The average Bonchev–Trinajstić information content (AvgIpc) is 2.78. The molecule has 0 aromatic carbocycles. The zero-order valence-electron chi connectivity index (χ0n) is 11.9. The van der Waals surface area contributed by atoms with Gasteiger partial charge in [-0.1, -0.05) is 0 Å². The lowest BCUT2D eigenvalue weighted by Crippen LogP contribution is -2.12. The maximum absolute atomic E-state index is 12.8. The number of aryl methyl sites for hydroxylation is 2. The summed E-state index contributed by atoms with van der Waals surface area (Å²) in [5, 5.41) is 6.80. The van der Waals surface area contributed by atoms with Crippen LogP contribution in [0.1, 0.15) is 34.2 Å². The van der Waals surface area contributed by atoms with Gasteiger partial charge in [0, 0.05) is 30.1 Å². The maximum atomic E-state index is 12.8. The SMILES string of the molecule is Cc1n[nH]c(C)c1CC(OC=O)c1cncc(C(F)(F)F)c1. The van der Waals surface area contributed by atoms with Gasteiger partial charge in [-0.25, -0.2) is 0 Å². The first kappa shape index (κ1) is 16.0.